The van der Waals surface area contributed by atoms with Crippen molar-refractivity contribution in [3.05, 3.63) is 54.7 Å². The molecular formula is C17H16N6O2. The summed E-state index contributed by atoms with van der Waals surface area (Å²) in [5.41, 5.74) is 1.81. The summed E-state index contributed by atoms with van der Waals surface area (Å²) >= 11 is 0. The molecule has 0 radical (unpaired) electrons. The second-order valence-electron chi connectivity index (χ2n) is 5.87. The highest BCUT2D eigenvalue weighted by molar-refractivity contribution is 5.91. The monoisotopic (exact) mass is 336 g/mol. The second-order valence-corrected chi connectivity index (χ2v) is 5.87. The van der Waals surface area contributed by atoms with Gasteiger partial charge in [-0.3, -0.25) is 9.78 Å². The van der Waals surface area contributed by atoms with Crippen molar-refractivity contribution in [3.8, 4) is 11.3 Å². The molecule has 8 heteroatoms. The van der Waals surface area contributed by atoms with E-state index in [9.17, 15) is 4.79 Å². The number of carbonyl (C=O) groups is 1. The third-order valence-electron chi connectivity index (χ3n) is 4.12. The van der Waals surface area contributed by atoms with E-state index in [1.165, 1.54) is 6.20 Å². The third kappa shape index (κ3) is 3.32. The number of rotatable bonds is 5. The normalized spacial score (nSPS) is 14.2. The van der Waals surface area contributed by atoms with E-state index in [2.05, 4.69) is 30.6 Å². The number of aromatic nitrogens is 4. The molecule has 0 unspecified atom stereocenters. The van der Waals surface area contributed by atoms with E-state index in [-0.39, 0.29) is 11.7 Å². The lowest BCUT2D eigenvalue weighted by Crippen LogP contribution is -2.51. The fourth-order valence-corrected chi connectivity index (χ4v) is 2.71. The molecule has 1 saturated heterocycles. The maximum atomic E-state index is 11.8. The Morgan fingerprint density at radius 1 is 1.12 bits per heavy atom. The van der Waals surface area contributed by atoms with E-state index in [1.54, 1.807) is 18.5 Å². The van der Waals surface area contributed by atoms with Crippen LogP contribution in [-0.4, -0.2) is 45.9 Å². The fourth-order valence-electron chi connectivity index (χ4n) is 2.71. The van der Waals surface area contributed by atoms with Gasteiger partial charge in [-0.05, 0) is 24.3 Å². The van der Waals surface area contributed by atoms with E-state index < -0.39 is 0 Å². The zero-order valence-corrected chi connectivity index (χ0v) is 13.4. The van der Waals surface area contributed by atoms with E-state index in [1.807, 2.05) is 24.3 Å². The highest BCUT2D eigenvalue weighted by atomic mass is 16.5. The molecule has 126 valence electrons. The molecule has 1 aliphatic heterocycles. The van der Waals surface area contributed by atoms with Gasteiger partial charge < -0.3 is 14.7 Å². The van der Waals surface area contributed by atoms with Gasteiger partial charge in [-0.25, -0.2) is 0 Å². The number of hydrogen-bond acceptors (Lipinski definition) is 7. The molecule has 1 amide bonds. The van der Waals surface area contributed by atoms with Crippen LogP contribution in [0.5, 0.6) is 0 Å². The highest BCUT2D eigenvalue weighted by Crippen LogP contribution is 2.23. The van der Waals surface area contributed by atoms with Gasteiger partial charge in [-0.1, -0.05) is 5.16 Å². The van der Waals surface area contributed by atoms with Gasteiger partial charge in [0.25, 0.3) is 5.91 Å². The summed E-state index contributed by atoms with van der Waals surface area (Å²) in [6.07, 6.45) is 4.92. The van der Waals surface area contributed by atoms with Crippen LogP contribution in [0.25, 0.3) is 11.3 Å². The zero-order chi connectivity index (χ0) is 17.1. The number of anilines is 1. The molecule has 25 heavy (non-hydrogen) atoms. The minimum Gasteiger partial charge on any atom is -0.354 e. The van der Waals surface area contributed by atoms with Crippen LogP contribution in [0.15, 0.2) is 53.4 Å². The van der Waals surface area contributed by atoms with Gasteiger partial charge in [-0.15, -0.1) is 10.2 Å². The topological polar surface area (TPSA) is 97.0 Å². The summed E-state index contributed by atoms with van der Waals surface area (Å²) in [5, 5.41) is 14.9. The predicted octanol–water partition coefficient (Wildman–Crippen LogP) is 1.39. The number of nitrogens with one attached hydrogen (secondary N) is 1. The van der Waals surface area contributed by atoms with Gasteiger partial charge in [-0.2, -0.15) is 0 Å². The van der Waals surface area contributed by atoms with Crippen molar-refractivity contribution in [2.45, 2.75) is 0 Å². The second kappa shape index (κ2) is 6.68. The van der Waals surface area contributed by atoms with Gasteiger partial charge in [0.1, 0.15) is 0 Å². The standard InChI is InChI=1S/C17H16N6O2/c24-17(15-5-8-20-25-15)19-9-12-10-23(11-12)16-2-1-14(21-22-16)13-3-6-18-7-4-13/h1-8,12H,9-11H2,(H,19,24). The van der Waals surface area contributed by atoms with Crippen molar-refractivity contribution in [1.82, 2.24) is 25.7 Å². The molecule has 3 aromatic rings. The van der Waals surface area contributed by atoms with Crippen molar-refractivity contribution in [1.29, 1.82) is 0 Å². The Morgan fingerprint density at radius 3 is 2.64 bits per heavy atom. The molecule has 4 heterocycles. The molecule has 4 rings (SSSR count). The maximum absolute atomic E-state index is 11.8. The minimum absolute atomic E-state index is 0.230. The Labute approximate surface area is 143 Å². The fraction of sp³-hybridized carbons (Fsp3) is 0.235. The van der Waals surface area contributed by atoms with Crippen LogP contribution in [0.3, 0.4) is 0 Å². The van der Waals surface area contributed by atoms with Crippen LogP contribution in [0.2, 0.25) is 0 Å². The van der Waals surface area contributed by atoms with Crippen molar-refractivity contribution < 1.29 is 9.32 Å². The highest BCUT2D eigenvalue weighted by Gasteiger charge is 2.28. The molecule has 0 aliphatic carbocycles. The molecule has 0 spiro atoms. The lowest BCUT2D eigenvalue weighted by atomic mass is 10.00. The molecule has 1 fully saturated rings. The van der Waals surface area contributed by atoms with Crippen LogP contribution in [0.1, 0.15) is 10.6 Å². The van der Waals surface area contributed by atoms with E-state index in [4.69, 9.17) is 4.52 Å². The van der Waals surface area contributed by atoms with Crippen molar-refractivity contribution in [3.63, 3.8) is 0 Å². The van der Waals surface area contributed by atoms with E-state index in [0.717, 1.165) is 30.2 Å². The number of hydrogen-bond donors (Lipinski definition) is 1. The molecule has 0 atom stereocenters. The molecule has 1 aliphatic rings. The Morgan fingerprint density at radius 2 is 1.96 bits per heavy atom. The number of pyridine rings is 1. The number of amides is 1. The Bertz CT molecular complexity index is 829. The van der Waals surface area contributed by atoms with Crippen LogP contribution < -0.4 is 10.2 Å². The number of nitrogens with zero attached hydrogens (tertiary/aromatic N) is 5. The SMILES string of the molecule is O=C(NCC1CN(c2ccc(-c3ccncc3)nn2)C1)c1ccno1. The smallest absolute Gasteiger partial charge is 0.289 e. The van der Waals surface area contributed by atoms with Crippen LogP contribution >= 0.6 is 0 Å². The average Bonchev–Trinajstić information content (AvgIpc) is 3.16. The van der Waals surface area contributed by atoms with Crippen LogP contribution in [-0.2, 0) is 0 Å². The van der Waals surface area contributed by atoms with Gasteiger partial charge in [0, 0.05) is 49.6 Å². The molecule has 3 aromatic heterocycles. The minimum atomic E-state index is -0.238. The average molecular weight is 336 g/mol. The summed E-state index contributed by atoms with van der Waals surface area (Å²) in [5.74, 6) is 1.22. The largest absolute Gasteiger partial charge is 0.354 e. The molecule has 0 saturated carbocycles. The zero-order valence-electron chi connectivity index (χ0n) is 13.4. The lowest BCUT2D eigenvalue weighted by Gasteiger charge is -2.39. The maximum Gasteiger partial charge on any atom is 0.289 e. The lowest BCUT2D eigenvalue weighted by molar-refractivity contribution is 0.0907. The first-order chi connectivity index (χ1) is 12.3. The van der Waals surface area contributed by atoms with Gasteiger partial charge >= 0.3 is 0 Å². The molecule has 0 aromatic carbocycles. The molecular weight excluding hydrogens is 320 g/mol. The van der Waals surface area contributed by atoms with Crippen molar-refractivity contribution >= 4 is 11.7 Å². The first-order valence-electron chi connectivity index (χ1n) is 7.97. The Kier molecular flexibility index (Phi) is 4.07. The molecule has 8 nitrogen and oxygen atoms in total. The quantitative estimate of drug-likeness (QED) is 0.752. The van der Waals surface area contributed by atoms with Crippen LogP contribution in [0.4, 0.5) is 5.82 Å². The van der Waals surface area contributed by atoms with E-state index in [0.29, 0.717) is 12.5 Å². The summed E-state index contributed by atoms with van der Waals surface area (Å²) in [4.78, 5) is 17.9. The number of carbonyl (C=O) groups excluding carboxylic acids is 1. The van der Waals surface area contributed by atoms with Crippen molar-refractivity contribution in [2.75, 3.05) is 24.5 Å². The Hall–Kier alpha value is -3.29. The van der Waals surface area contributed by atoms with E-state index >= 15 is 0 Å². The summed E-state index contributed by atoms with van der Waals surface area (Å²) in [6.45, 7) is 2.26. The van der Waals surface area contributed by atoms with Crippen LogP contribution in [0, 0.1) is 5.92 Å². The summed E-state index contributed by atoms with van der Waals surface area (Å²) in [7, 11) is 0. The third-order valence-corrected chi connectivity index (χ3v) is 4.12. The van der Waals surface area contributed by atoms with Gasteiger partial charge in [0.15, 0.2) is 5.82 Å². The van der Waals surface area contributed by atoms with Crippen molar-refractivity contribution in [2.24, 2.45) is 5.92 Å². The first kappa shape index (κ1) is 15.3. The molecule has 1 N–H and O–H groups in total. The first-order valence-corrected chi connectivity index (χ1v) is 7.97. The Balaban J connectivity index is 1.28. The summed E-state index contributed by atoms with van der Waals surface area (Å²) in [6, 6.07) is 9.27. The summed E-state index contributed by atoms with van der Waals surface area (Å²) < 4.78 is 4.82. The van der Waals surface area contributed by atoms with Gasteiger partial charge in [0.05, 0.1) is 11.9 Å². The van der Waals surface area contributed by atoms with Gasteiger partial charge in [0.2, 0.25) is 5.76 Å². The molecule has 0 bridgehead atoms. The predicted molar refractivity (Wildman–Crippen MR) is 89.8 cm³/mol.